The molecule has 5 nitrogen and oxygen atoms in total. The van der Waals surface area contributed by atoms with Crippen molar-refractivity contribution in [2.45, 2.75) is 26.6 Å². The van der Waals surface area contributed by atoms with E-state index in [9.17, 15) is 4.79 Å². The number of carbonyl (C=O) groups is 1. The van der Waals surface area contributed by atoms with E-state index in [0.717, 1.165) is 17.5 Å². The first-order valence-corrected chi connectivity index (χ1v) is 6.22. The van der Waals surface area contributed by atoms with Crippen molar-refractivity contribution in [2.75, 3.05) is 12.3 Å². The molecule has 0 amide bonds. The van der Waals surface area contributed by atoms with Gasteiger partial charge in [-0.05, 0) is 31.0 Å². The maximum atomic E-state index is 11.8. The van der Waals surface area contributed by atoms with E-state index in [2.05, 4.69) is 0 Å². The Balaban J connectivity index is 2.37. The number of aryl methyl sites for hydroxylation is 1. The first-order chi connectivity index (χ1) is 9.17. The largest absolute Gasteiger partial charge is 0.462 e. The molecular weight excluding hydrogens is 246 g/mol. The van der Waals surface area contributed by atoms with Crippen LogP contribution in [0.2, 0.25) is 0 Å². The number of nitrogen functional groups attached to an aromatic ring is 1. The zero-order valence-electron chi connectivity index (χ0n) is 11.0. The summed E-state index contributed by atoms with van der Waals surface area (Å²) >= 11 is 0. The van der Waals surface area contributed by atoms with Gasteiger partial charge in [-0.1, -0.05) is 6.92 Å². The zero-order chi connectivity index (χ0) is 13.8. The van der Waals surface area contributed by atoms with Gasteiger partial charge in [0.2, 0.25) is 0 Å². The maximum absolute atomic E-state index is 11.8. The van der Waals surface area contributed by atoms with Gasteiger partial charge in [0.05, 0.1) is 12.2 Å². The first kappa shape index (κ1) is 13.3. The van der Waals surface area contributed by atoms with Gasteiger partial charge in [-0.15, -0.1) is 0 Å². The standard InChI is InChI=1S/C14H17NO4/c1-3-9-7-11(13(16)17-4-2)12(15)8-10(9)14-18-5-6-19-14/h5-8,14H,3-4,15H2,1-2H3. The van der Waals surface area contributed by atoms with Gasteiger partial charge < -0.3 is 19.9 Å². The Labute approximate surface area is 111 Å². The number of esters is 1. The Kier molecular flexibility index (Phi) is 3.94. The molecular formula is C14H17NO4. The normalized spacial score (nSPS) is 14.0. The molecule has 0 spiro atoms. The van der Waals surface area contributed by atoms with Crippen LogP contribution < -0.4 is 5.73 Å². The fourth-order valence-corrected chi connectivity index (χ4v) is 1.98. The van der Waals surface area contributed by atoms with Gasteiger partial charge in [0.25, 0.3) is 6.29 Å². The van der Waals surface area contributed by atoms with Gasteiger partial charge in [0.1, 0.15) is 12.5 Å². The van der Waals surface area contributed by atoms with E-state index < -0.39 is 12.3 Å². The number of nitrogens with two attached hydrogens (primary N) is 1. The third kappa shape index (κ3) is 2.65. The third-order valence-corrected chi connectivity index (χ3v) is 2.90. The van der Waals surface area contributed by atoms with E-state index in [1.807, 2.05) is 6.92 Å². The van der Waals surface area contributed by atoms with Gasteiger partial charge in [-0.2, -0.15) is 0 Å². The molecule has 0 aromatic heterocycles. The highest BCUT2D eigenvalue weighted by Gasteiger charge is 2.22. The van der Waals surface area contributed by atoms with Crippen molar-refractivity contribution >= 4 is 11.7 Å². The number of ether oxygens (including phenoxy) is 3. The van der Waals surface area contributed by atoms with Gasteiger partial charge in [-0.3, -0.25) is 0 Å². The number of anilines is 1. The van der Waals surface area contributed by atoms with Crippen LogP contribution in [-0.2, 0) is 20.6 Å². The summed E-state index contributed by atoms with van der Waals surface area (Å²) < 4.78 is 15.6. The Hall–Kier alpha value is -2.17. The second kappa shape index (κ2) is 5.65. The fraction of sp³-hybridized carbons (Fsp3) is 0.357. The highest BCUT2D eigenvalue weighted by molar-refractivity contribution is 5.95. The summed E-state index contributed by atoms with van der Waals surface area (Å²) in [6.07, 6.45) is 3.22. The fourth-order valence-electron chi connectivity index (χ4n) is 1.98. The molecule has 1 aromatic rings. The van der Waals surface area contributed by atoms with Gasteiger partial charge in [0.15, 0.2) is 0 Å². The Morgan fingerprint density at radius 1 is 1.32 bits per heavy atom. The summed E-state index contributed by atoms with van der Waals surface area (Å²) in [5.74, 6) is -0.410. The van der Waals surface area contributed by atoms with Crippen LogP contribution in [0, 0.1) is 0 Å². The van der Waals surface area contributed by atoms with Crippen molar-refractivity contribution in [3.05, 3.63) is 41.3 Å². The topological polar surface area (TPSA) is 70.8 Å². The predicted molar refractivity (Wildman–Crippen MR) is 70.2 cm³/mol. The highest BCUT2D eigenvalue weighted by Crippen LogP contribution is 2.31. The van der Waals surface area contributed by atoms with Crippen molar-refractivity contribution < 1.29 is 19.0 Å². The summed E-state index contributed by atoms with van der Waals surface area (Å²) in [6.45, 7) is 4.07. The van der Waals surface area contributed by atoms with Gasteiger partial charge >= 0.3 is 5.97 Å². The Morgan fingerprint density at radius 2 is 2.00 bits per heavy atom. The highest BCUT2D eigenvalue weighted by atomic mass is 16.7. The van der Waals surface area contributed by atoms with E-state index in [0.29, 0.717) is 17.9 Å². The van der Waals surface area contributed by atoms with Crippen LogP contribution >= 0.6 is 0 Å². The smallest absolute Gasteiger partial charge is 0.340 e. The van der Waals surface area contributed by atoms with Crippen LogP contribution in [0.3, 0.4) is 0 Å². The van der Waals surface area contributed by atoms with Crippen LogP contribution in [-0.4, -0.2) is 12.6 Å². The zero-order valence-corrected chi connectivity index (χ0v) is 11.0. The molecule has 0 bridgehead atoms. The summed E-state index contributed by atoms with van der Waals surface area (Å²) in [7, 11) is 0. The van der Waals surface area contributed by atoms with Crippen LogP contribution in [0.4, 0.5) is 5.69 Å². The van der Waals surface area contributed by atoms with Crippen molar-refractivity contribution in [1.82, 2.24) is 0 Å². The molecule has 1 aromatic carbocycles. The van der Waals surface area contributed by atoms with Crippen molar-refractivity contribution in [2.24, 2.45) is 0 Å². The lowest BCUT2D eigenvalue weighted by Crippen LogP contribution is -2.11. The van der Waals surface area contributed by atoms with E-state index in [4.69, 9.17) is 19.9 Å². The summed E-state index contributed by atoms with van der Waals surface area (Å²) in [4.78, 5) is 11.8. The quantitative estimate of drug-likeness (QED) is 0.667. The molecule has 0 fully saturated rings. The molecule has 2 rings (SSSR count). The first-order valence-electron chi connectivity index (χ1n) is 6.22. The average molecular weight is 263 g/mol. The molecule has 0 radical (unpaired) electrons. The molecule has 1 aliphatic heterocycles. The molecule has 0 aliphatic carbocycles. The molecule has 102 valence electrons. The molecule has 1 aliphatic rings. The Morgan fingerprint density at radius 3 is 2.58 bits per heavy atom. The minimum absolute atomic E-state index is 0.320. The Bertz CT molecular complexity index is 502. The SMILES string of the molecule is CCOC(=O)c1cc(CC)c(C2OC=CO2)cc1N. The summed E-state index contributed by atoms with van der Waals surface area (Å²) in [5, 5.41) is 0. The molecule has 19 heavy (non-hydrogen) atoms. The molecule has 0 unspecified atom stereocenters. The minimum Gasteiger partial charge on any atom is -0.462 e. The number of hydrogen-bond donors (Lipinski definition) is 1. The third-order valence-electron chi connectivity index (χ3n) is 2.90. The minimum atomic E-state index is -0.492. The van der Waals surface area contributed by atoms with Crippen LogP contribution in [0.5, 0.6) is 0 Å². The van der Waals surface area contributed by atoms with Crippen molar-refractivity contribution in [3.8, 4) is 0 Å². The van der Waals surface area contributed by atoms with Crippen molar-refractivity contribution in [1.29, 1.82) is 0 Å². The lowest BCUT2D eigenvalue weighted by Gasteiger charge is -2.17. The molecule has 0 atom stereocenters. The second-order valence-electron chi connectivity index (χ2n) is 4.09. The number of carbonyl (C=O) groups excluding carboxylic acids is 1. The van der Waals surface area contributed by atoms with E-state index in [1.165, 1.54) is 12.5 Å². The van der Waals surface area contributed by atoms with Gasteiger partial charge in [0, 0.05) is 11.3 Å². The number of hydrogen-bond acceptors (Lipinski definition) is 5. The van der Waals surface area contributed by atoms with Gasteiger partial charge in [-0.25, -0.2) is 4.79 Å². The molecule has 1 heterocycles. The van der Waals surface area contributed by atoms with Crippen LogP contribution in [0.1, 0.15) is 41.6 Å². The second-order valence-corrected chi connectivity index (χ2v) is 4.09. The van der Waals surface area contributed by atoms with Crippen molar-refractivity contribution in [3.63, 3.8) is 0 Å². The van der Waals surface area contributed by atoms with E-state index in [1.54, 1.807) is 19.1 Å². The van der Waals surface area contributed by atoms with Crippen LogP contribution in [0.15, 0.2) is 24.7 Å². The lowest BCUT2D eigenvalue weighted by molar-refractivity contribution is -0.0251. The maximum Gasteiger partial charge on any atom is 0.340 e. The molecule has 5 heteroatoms. The molecule has 2 N–H and O–H groups in total. The van der Waals surface area contributed by atoms with Crippen LogP contribution in [0.25, 0.3) is 0 Å². The molecule has 0 saturated carbocycles. The summed E-state index contributed by atoms with van der Waals surface area (Å²) in [6, 6.07) is 3.45. The average Bonchev–Trinajstić information content (AvgIpc) is 2.92. The monoisotopic (exact) mass is 263 g/mol. The number of benzene rings is 1. The van der Waals surface area contributed by atoms with E-state index in [-0.39, 0.29) is 0 Å². The lowest BCUT2D eigenvalue weighted by atomic mass is 9.99. The predicted octanol–water partition coefficient (Wildman–Crippen LogP) is 2.52. The van der Waals surface area contributed by atoms with E-state index >= 15 is 0 Å². The summed E-state index contributed by atoms with van der Waals surface area (Å²) in [5.41, 5.74) is 8.44. The number of rotatable bonds is 4. The molecule has 0 saturated heterocycles.